The third-order valence-corrected chi connectivity index (χ3v) is 4.73. The molecule has 3 aromatic rings. The maximum Gasteiger partial charge on any atom is 0.162 e. The summed E-state index contributed by atoms with van der Waals surface area (Å²) in [6, 6.07) is 15.2. The van der Waals surface area contributed by atoms with Crippen molar-refractivity contribution in [2.75, 3.05) is 26.0 Å². The van der Waals surface area contributed by atoms with Crippen LogP contribution in [-0.2, 0) is 11.4 Å². The second-order valence-electron chi connectivity index (χ2n) is 6.24. The lowest BCUT2D eigenvalue weighted by atomic mass is 10.2. The topological polar surface area (TPSA) is 59.7 Å². The molecule has 0 aliphatic carbocycles. The van der Waals surface area contributed by atoms with Crippen LogP contribution in [0.4, 0.5) is 5.69 Å². The van der Waals surface area contributed by atoms with Gasteiger partial charge in [0.15, 0.2) is 17.3 Å². The third-order valence-electron chi connectivity index (χ3n) is 4.46. The number of hydroxylamine groups is 1. The molecule has 4 rings (SSSR count). The Hall–Kier alpha value is -3.16. The number of nitrogens with zero attached hydrogens (tertiary/aromatic N) is 3. The Morgan fingerprint density at radius 3 is 2.55 bits per heavy atom. The van der Waals surface area contributed by atoms with Crippen molar-refractivity contribution in [3.05, 3.63) is 77.2 Å². The minimum Gasteiger partial charge on any atom is -0.493 e. The number of halogens is 1. The minimum atomic E-state index is 0.262. The maximum absolute atomic E-state index is 6.58. The van der Waals surface area contributed by atoms with Gasteiger partial charge in [-0.25, -0.2) is 9.48 Å². The lowest BCUT2D eigenvalue weighted by molar-refractivity contribution is 0.115. The van der Waals surface area contributed by atoms with E-state index in [0.29, 0.717) is 23.9 Å². The van der Waals surface area contributed by atoms with Crippen molar-refractivity contribution in [1.29, 1.82) is 0 Å². The Morgan fingerprint density at radius 1 is 1.10 bits per heavy atom. The first kappa shape index (κ1) is 19.2. The normalized spacial score (nSPS) is 12.9. The fourth-order valence-electron chi connectivity index (χ4n) is 3.06. The summed E-state index contributed by atoms with van der Waals surface area (Å²) in [7, 11) is 3.18. The molecule has 1 aromatic heterocycles. The number of methoxy groups -OCH3 is 2. The number of anilines is 1. The Kier molecular flexibility index (Phi) is 5.59. The van der Waals surface area contributed by atoms with Crippen molar-refractivity contribution in [3.63, 3.8) is 0 Å². The summed E-state index contributed by atoms with van der Waals surface area (Å²) >= 11 is 6.58. The van der Waals surface area contributed by atoms with E-state index in [4.69, 9.17) is 30.5 Å². The van der Waals surface area contributed by atoms with Crippen LogP contribution in [-0.4, -0.2) is 25.3 Å². The van der Waals surface area contributed by atoms with E-state index in [2.05, 4.69) is 4.99 Å². The molecule has 0 amide bonds. The van der Waals surface area contributed by atoms with E-state index in [1.54, 1.807) is 31.8 Å². The zero-order valence-corrected chi connectivity index (χ0v) is 16.8. The molecular weight excluding hydrogens is 394 g/mol. The molecule has 2 heterocycles. The van der Waals surface area contributed by atoms with Gasteiger partial charge in [0.05, 0.1) is 37.8 Å². The van der Waals surface area contributed by atoms with E-state index in [0.717, 1.165) is 21.8 Å². The summed E-state index contributed by atoms with van der Waals surface area (Å²) in [5.41, 5.74) is 1.72. The van der Waals surface area contributed by atoms with Gasteiger partial charge in [-0.05, 0) is 24.3 Å². The molecule has 0 saturated heterocycles. The van der Waals surface area contributed by atoms with Gasteiger partial charge in [-0.3, -0.25) is 9.83 Å². The number of rotatable bonds is 7. The number of hydrogen-bond donors (Lipinski definition) is 0. The van der Waals surface area contributed by atoms with Crippen molar-refractivity contribution in [2.24, 2.45) is 4.99 Å². The molecule has 29 heavy (non-hydrogen) atoms. The summed E-state index contributed by atoms with van der Waals surface area (Å²) in [4.78, 5) is 10.7. The van der Waals surface area contributed by atoms with Crippen LogP contribution in [0.3, 0.4) is 0 Å². The molecule has 0 radical (unpaired) electrons. The van der Waals surface area contributed by atoms with Gasteiger partial charge in [-0.15, -0.1) is 0 Å². The van der Waals surface area contributed by atoms with Crippen LogP contribution in [0.5, 0.6) is 11.5 Å². The van der Waals surface area contributed by atoms with Crippen molar-refractivity contribution >= 4 is 23.3 Å². The predicted molar refractivity (Wildman–Crippen MR) is 109 cm³/mol. The smallest absolute Gasteiger partial charge is 0.162 e. The molecule has 0 bridgehead atoms. The molecule has 0 unspecified atom stereocenters. The van der Waals surface area contributed by atoms with Crippen molar-refractivity contribution < 1.29 is 18.7 Å². The van der Waals surface area contributed by atoms with Crippen molar-refractivity contribution in [1.82, 2.24) is 4.42 Å². The predicted octanol–water partition coefficient (Wildman–Crippen LogP) is 3.05. The molecule has 1 aliphatic heterocycles. The summed E-state index contributed by atoms with van der Waals surface area (Å²) in [6.07, 6.45) is 3.25. The minimum absolute atomic E-state index is 0.262. The molecule has 1 aliphatic rings. The Bertz CT molecular complexity index is 1090. The summed E-state index contributed by atoms with van der Waals surface area (Å²) in [6.45, 7) is 0.567. The van der Waals surface area contributed by atoms with Crippen LogP contribution in [0.1, 0.15) is 5.56 Å². The number of para-hydroxylation sites is 1. The van der Waals surface area contributed by atoms with Gasteiger partial charge < -0.3 is 13.9 Å². The molecule has 0 N–H and O–H groups in total. The van der Waals surface area contributed by atoms with Gasteiger partial charge in [0.1, 0.15) is 13.3 Å². The van der Waals surface area contributed by atoms with Gasteiger partial charge in [-0.1, -0.05) is 18.2 Å². The van der Waals surface area contributed by atoms with Gasteiger partial charge in [-0.2, -0.15) is 0 Å². The highest BCUT2D eigenvalue weighted by Gasteiger charge is 2.24. The highest BCUT2D eigenvalue weighted by molar-refractivity contribution is 6.17. The fraction of sp³-hybridized carbons (Fsp3) is 0.190. The van der Waals surface area contributed by atoms with E-state index in [-0.39, 0.29) is 6.67 Å². The summed E-state index contributed by atoms with van der Waals surface area (Å²) in [5.74, 6) is 1.81. The highest BCUT2D eigenvalue weighted by Crippen LogP contribution is 2.27. The van der Waals surface area contributed by atoms with Gasteiger partial charge in [0.25, 0.3) is 0 Å². The van der Waals surface area contributed by atoms with Crippen LogP contribution in [0.25, 0.3) is 5.82 Å². The average molecular weight is 414 g/mol. The van der Waals surface area contributed by atoms with E-state index in [1.165, 1.54) is 4.42 Å². The van der Waals surface area contributed by atoms with Gasteiger partial charge in [0.2, 0.25) is 0 Å². The summed E-state index contributed by atoms with van der Waals surface area (Å²) in [5, 5.41) is 3.20. The second-order valence-corrected chi connectivity index (χ2v) is 6.65. The molecule has 8 heteroatoms. The Morgan fingerprint density at radius 2 is 1.86 bits per heavy atom. The zero-order chi connectivity index (χ0) is 20.2. The number of hydrogen-bond acceptors (Lipinski definition) is 7. The Labute approximate surface area is 173 Å². The van der Waals surface area contributed by atoms with E-state index in [1.807, 2.05) is 48.5 Å². The van der Waals surface area contributed by atoms with Crippen LogP contribution in [0.15, 0.2) is 70.5 Å². The molecule has 2 aromatic carbocycles. The van der Waals surface area contributed by atoms with E-state index >= 15 is 0 Å². The largest absolute Gasteiger partial charge is 0.493 e. The number of furan rings is 1. The average Bonchev–Trinajstić information content (AvgIpc) is 3.28. The number of benzene rings is 2. The van der Waals surface area contributed by atoms with Crippen molar-refractivity contribution in [3.8, 4) is 11.5 Å². The van der Waals surface area contributed by atoms with Crippen LogP contribution in [0, 0.1) is 0 Å². The molecule has 0 saturated carbocycles. The second kappa shape index (κ2) is 8.46. The monoisotopic (exact) mass is 413 g/mol. The van der Waals surface area contributed by atoms with Crippen LogP contribution in [0.2, 0.25) is 0 Å². The zero-order valence-electron chi connectivity index (χ0n) is 16.0. The standard InChI is InChI=1S/C21H20ClN3O4/c1-26-19-10-17-18(11-20(19)27-2)23-14-24(22)21(17)25(16-6-4-3-5-7-16)29-13-15-8-9-28-12-15/h3-12H,13-14H2,1-2H3. The first-order valence-corrected chi connectivity index (χ1v) is 9.28. The maximum atomic E-state index is 6.58. The molecule has 7 nitrogen and oxygen atoms in total. The third kappa shape index (κ3) is 3.87. The molecule has 0 fully saturated rings. The molecule has 0 spiro atoms. The summed E-state index contributed by atoms with van der Waals surface area (Å²) < 4.78 is 17.5. The van der Waals surface area contributed by atoms with Crippen LogP contribution < -0.4 is 25.1 Å². The van der Waals surface area contributed by atoms with Crippen molar-refractivity contribution in [2.45, 2.75) is 6.61 Å². The number of ether oxygens (including phenoxy) is 2. The van der Waals surface area contributed by atoms with E-state index in [9.17, 15) is 0 Å². The van der Waals surface area contributed by atoms with E-state index < -0.39 is 0 Å². The fourth-order valence-corrected chi connectivity index (χ4v) is 3.27. The first-order chi connectivity index (χ1) is 14.2. The van der Waals surface area contributed by atoms with Crippen LogP contribution >= 0.6 is 11.8 Å². The van der Waals surface area contributed by atoms with Gasteiger partial charge >= 0.3 is 0 Å². The first-order valence-electron chi connectivity index (χ1n) is 8.94. The SMILES string of the molecule is COc1cc2c(cc1OC)=C(N(OCc1ccoc1)c1ccccc1)N(Cl)CN=2. The quantitative estimate of drug-likeness (QED) is 0.438. The molecule has 0 atom stereocenters. The highest BCUT2D eigenvalue weighted by atomic mass is 35.5. The lowest BCUT2D eigenvalue weighted by Gasteiger charge is -2.31. The molecule has 150 valence electrons. The lowest BCUT2D eigenvalue weighted by Crippen LogP contribution is -2.44. The Balaban J connectivity index is 1.88. The van der Waals surface area contributed by atoms with Gasteiger partial charge in [0, 0.05) is 28.6 Å². The number of fused-ring (bicyclic) bond motifs is 1. The molecular formula is C21H20ClN3O4.